The van der Waals surface area contributed by atoms with Gasteiger partial charge in [0, 0.05) is 5.80 Å². The predicted molar refractivity (Wildman–Crippen MR) is 19.0 cm³/mol. The van der Waals surface area contributed by atoms with Crippen molar-refractivity contribution < 1.29 is 4.30 Å². The van der Waals surface area contributed by atoms with Crippen LogP contribution in [-0.2, 0) is 0 Å². The Morgan fingerprint density at radius 3 is 3.00 bits per heavy atom. The van der Waals surface area contributed by atoms with Crippen LogP contribution >= 0.6 is 8.43 Å². The summed E-state index contributed by atoms with van der Waals surface area (Å²) in [5.41, 5.74) is 0. The van der Waals surface area contributed by atoms with E-state index in [0.29, 0.717) is 0 Å². The van der Waals surface area contributed by atoms with E-state index in [1.165, 1.54) is 0 Å². The van der Waals surface area contributed by atoms with Gasteiger partial charge in [0.2, 0.25) is 0 Å². The van der Waals surface area contributed by atoms with E-state index >= 15 is 0 Å². The van der Waals surface area contributed by atoms with Crippen molar-refractivity contribution in [2.24, 2.45) is 0 Å². The van der Waals surface area contributed by atoms with Crippen LogP contribution in [0.4, 0.5) is 0 Å². The van der Waals surface area contributed by atoms with E-state index in [-0.39, 0.29) is 0 Å². The van der Waals surface area contributed by atoms with Crippen LogP contribution in [0.15, 0.2) is 16.3 Å². The zero-order valence-corrected chi connectivity index (χ0v) is 3.35. The number of nitrogens with zero attached hydrogens (tertiary/aromatic N) is 1. The second kappa shape index (κ2) is 1.18. The molecule has 0 aliphatic rings. The van der Waals surface area contributed by atoms with Gasteiger partial charge in [0.15, 0.2) is 8.43 Å². The van der Waals surface area contributed by atoms with Gasteiger partial charge < -0.3 is 4.30 Å². The van der Waals surface area contributed by atoms with Crippen molar-refractivity contribution in [3.8, 4) is 0 Å². The quantitative estimate of drug-likeness (QED) is 0.476. The van der Waals surface area contributed by atoms with Gasteiger partial charge in [0.05, 0.1) is 6.20 Å². The van der Waals surface area contributed by atoms with Gasteiger partial charge in [0.1, 0.15) is 0 Å². The summed E-state index contributed by atoms with van der Waals surface area (Å²) in [6.07, 6.45) is 1.63. The molecule has 0 fully saturated rings. The normalized spacial score (nSPS) is 9.60. The Balaban J connectivity index is 3.13. The molecular formula is C2H2NOP. The van der Waals surface area contributed by atoms with Crippen LogP contribution in [0.3, 0.4) is 0 Å². The maximum atomic E-state index is 4.43. The fraction of sp³-hybridized carbons (Fsp3) is 0. The molecule has 1 aromatic heterocycles. The zero-order chi connectivity index (χ0) is 3.54. The highest BCUT2D eigenvalue weighted by Crippen LogP contribution is 1.95. The van der Waals surface area contributed by atoms with E-state index in [2.05, 4.69) is 9.46 Å². The molecule has 26 valence electrons. The highest BCUT2D eigenvalue weighted by atomic mass is 31.1. The summed E-state index contributed by atoms with van der Waals surface area (Å²) in [5, 5.41) is 3.39. The number of hydrogen-bond acceptors (Lipinski definition) is 2. The smallest absolute Gasteiger partial charge is 0.161 e. The molecule has 0 saturated carbocycles. The third kappa shape index (κ3) is 0.455. The third-order valence-electron chi connectivity index (χ3n) is 0.283. The molecule has 1 rings (SSSR count). The van der Waals surface area contributed by atoms with Gasteiger partial charge >= 0.3 is 0 Å². The van der Waals surface area contributed by atoms with Crippen molar-refractivity contribution >= 4 is 8.43 Å². The van der Waals surface area contributed by atoms with Crippen molar-refractivity contribution in [1.82, 2.24) is 5.16 Å². The molecule has 0 unspecified atom stereocenters. The molecule has 0 N–H and O–H groups in total. The Hall–Kier alpha value is -0.360. The Morgan fingerprint density at radius 2 is 2.80 bits per heavy atom. The van der Waals surface area contributed by atoms with E-state index in [0.717, 1.165) is 8.43 Å². The average Bonchev–Trinajstić information content (AvgIpc) is 1.76. The lowest BCUT2D eigenvalue weighted by molar-refractivity contribution is 0.516. The average molecular weight is 87.0 g/mol. The van der Waals surface area contributed by atoms with Crippen LogP contribution in [0, 0.1) is 0 Å². The summed E-state index contributed by atoms with van der Waals surface area (Å²) < 4.78 is 4.43. The van der Waals surface area contributed by atoms with E-state index in [9.17, 15) is 0 Å². The molecule has 2 nitrogen and oxygen atoms in total. The summed E-state index contributed by atoms with van der Waals surface area (Å²) in [7, 11) is 0.844. The second-order valence-electron chi connectivity index (χ2n) is 0.591. The summed E-state index contributed by atoms with van der Waals surface area (Å²) in [6.45, 7) is 0. The summed E-state index contributed by atoms with van der Waals surface area (Å²) in [4.78, 5) is 0. The highest BCUT2D eigenvalue weighted by molar-refractivity contribution is 7.21. The Bertz CT molecular complexity index is 66.1. The fourth-order valence-electron chi connectivity index (χ4n) is 0.136. The van der Waals surface area contributed by atoms with Crippen LogP contribution in [0.5, 0.6) is 0 Å². The van der Waals surface area contributed by atoms with Gasteiger partial charge in [-0.1, -0.05) is 5.16 Å². The molecule has 0 aliphatic heterocycles. The fourth-order valence-corrected chi connectivity index (χ4v) is 0.408. The Labute approximate surface area is 31.0 Å². The van der Waals surface area contributed by atoms with Crippen LogP contribution in [0.25, 0.3) is 0 Å². The molecule has 3 heteroatoms. The molecule has 5 heavy (non-hydrogen) atoms. The molecule has 1 aromatic rings. The highest BCUT2D eigenvalue weighted by Gasteiger charge is 1.62. The Kier molecular flexibility index (Phi) is 0.673. The first-order chi connectivity index (χ1) is 2.50. The van der Waals surface area contributed by atoms with Gasteiger partial charge in [-0.3, -0.25) is 0 Å². The van der Waals surface area contributed by atoms with Crippen LogP contribution in [-0.4, -0.2) is 5.16 Å². The number of hydrogen-bond donors (Lipinski definition) is 0. The topological polar surface area (TPSA) is 26.0 Å². The van der Waals surface area contributed by atoms with Gasteiger partial charge in [-0.05, 0) is 0 Å². The lowest BCUT2D eigenvalue weighted by Gasteiger charge is -1.46. The van der Waals surface area contributed by atoms with Crippen molar-refractivity contribution in [1.29, 1.82) is 0 Å². The lowest BCUT2D eigenvalue weighted by atomic mass is 11.1. The molecule has 1 heterocycles. The van der Waals surface area contributed by atoms with Crippen LogP contribution in [0.1, 0.15) is 0 Å². The van der Waals surface area contributed by atoms with Gasteiger partial charge in [-0.15, -0.1) is 0 Å². The minimum atomic E-state index is 0.844. The molecule has 0 aromatic carbocycles. The van der Waals surface area contributed by atoms with E-state index in [1.807, 2.05) is 5.80 Å². The minimum absolute atomic E-state index is 0.844. The molecule has 0 amide bonds. The summed E-state index contributed by atoms with van der Waals surface area (Å²) in [6, 6.07) is 0. The lowest BCUT2D eigenvalue weighted by Crippen LogP contribution is -1.38. The van der Waals surface area contributed by atoms with Crippen molar-refractivity contribution in [2.45, 2.75) is 0 Å². The van der Waals surface area contributed by atoms with Gasteiger partial charge in [-0.2, -0.15) is 0 Å². The minimum Gasteiger partial charge on any atom is -0.339 e. The Morgan fingerprint density at radius 1 is 1.80 bits per heavy atom. The van der Waals surface area contributed by atoms with E-state index in [1.54, 1.807) is 6.20 Å². The second-order valence-corrected chi connectivity index (χ2v) is 1.26. The summed E-state index contributed by atoms with van der Waals surface area (Å²) in [5.74, 6) is 1.82. The van der Waals surface area contributed by atoms with Crippen molar-refractivity contribution in [2.75, 3.05) is 0 Å². The van der Waals surface area contributed by atoms with Crippen molar-refractivity contribution in [3.05, 3.63) is 12.0 Å². The standard InChI is InChI=1S/C2H2NOP/c1-2-5-4-3-1/h1-2H. The molecule has 0 radical (unpaired) electrons. The van der Waals surface area contributed by atoms with E-state index < -0.39 is 0 Å². The van der Waals surface area contributed by atoms with E-state index in [4.69, 9.17) is 0 Å². The number of rotatable bonds is 0. The van der Waals surface area contributed by atoms with Crippen LogP contribution < -0.4 is 0 Å². The third-order valence-corrected chi connectivity index (χ3v) is 0.726. The number of aromatic nitrogens is 1. The molecule has 0 saturated heterocycles. The maximum Gasteiger partial charge on any atom is 0.161 e. The first kappa shape index (κ1) is 2.86. The largest absolute Gasteiger partial charge is 0.339 e. The molecular weight excluding hydrogens is 85.0 g/mol. The van der Waals surface area contributed by atoms with Crippen LogP contribution in [0.2, 0.25) is 0 Å². The first-order valence-electron chi connectivity index (χ1n) is 1.21. The molecule has 0 aliphatic carbocycles. The first-order valence-corrected chi connectivity index (χ1v) is 2.10. The summed E-state index contributed by atoms with van der Waals surface area (Å²) >= 11 is 0. The maximum absolute atomic E-state index is 4.43. The van der Waals surface area contributed by atoms with Crippen molar-refractivity contribution in [3.63, 3.8) is 0 Å². The predicted octanol–water partition coefficient (Wildman–Crippen LogP) is 1.25. The monoisotopic (exact) mass is 87.0 g/mol. The van der Waals surface area contributed by atoms with Gasteiger partial charge in [0.25, 0.3) is 0 Å². The SMILES string of the molecule is c1cpon1. The zero-order valence-electron chi connectivity index (χ0n) is 2.46. The molecule has 0 spiro atoms. The van der Waals surface area contributed by atoms with Gasteiger partial charge in [-0.25, -0.2) is 0 Å². The molecule has 0 atom stereocenters. The molecule has 0 bridgehead atoms.